The molecule has 0 aromatic carbocycles. The van der Waals surface area contributed by atoms with Gasteiger partial charge >= 0.3 is 11.9 Å². The van der Waals surface area contributed by atoms with Crippen molar-refractivity contribution in [1.29, 1.82) is 0 Å². The van der Waals surface area contributed by atoms with Crippen molar-refractivity contribution in [3.63, 3.8) is 0 Å². The van der Waals surface area contributed by atoms with Crippen molar-refractivity contribution in [2.24, 2.45) is 50.2 Å². The number of ether oxygens (including phenoxy) is 8. The lowest BCUT2D eigenvalue weighted by Gasteiger charge is -2.71. The Balaban J connectivity index is 0.893. The minimum Gasteiger partial charge on any atom is -0.479 e. The Bertz CT molecular complexity index is 2180. The molecule has 4 saturated heterocycles. The van der Waals surface area contributed by atoms with Crippen LogP contribution >= 0.6 is 0 Å². The number of esters is 1. The molecule has 0 unspecified atom stereocenters. The second-order valence-corrected chi connectivity index (χ2v) is 26.3. The lowest BCUT2D eigenvalue weighted by molar-refractivity contribution is -0.361. The van der Waals surface area contributed by atoms with Crippen LogP contribution in [-0.2, 0) is 47.5 Å². The number of hydrogen-bond acceptors (Lipinski definition) is 22. The van der Waals surface area contributed by atoms with Gasteiger partial charge in [0.25, 0.3) is 0 Å². The lowest BCUT2D eigenvalue weighted by Crippen LogP contribution is -2.66. The molecule has 77 heavy (non-hydrogen) atoms. The molecule has 4 aliphatic heterocycles. The summed E-state index contributed by atoms with van der Waals surface area (Å²) in [7, 11) is 0. The highest BCUT2D eigenvalue weighted by Crippen LogP contribution is 2.76. The van der Waals surface area contributed by atoms with Gasteiger partial charge in [-0.1, -0.05) is 60.1 Å². The van der Waals surface area contributed by atoms with Crippen LogP contribution in [-0.4, -0.2) is 220 Å². The molecule has 0 aromatic rings. The average molecular weight is 1100 g/mol. The molecule has 0 spiro atoms. The van der Waals surface area contributed by atoms with Crippen LogP contribution in [0.2, 0.25) is 0 Å². The van der Waals surface area contributed by atoms with E-state index in [1.165, 1.54) is 12.5 Å². The van der Waals surface area contributed by atoms with Crippen molar-refractivity contribution in [2.45, 2.75) is 249 Å². The summed E-state index contributed by atoms with van der Waals surface area (Å²) in [5, 5.41) is 138. The minimum atomic E-state index is -1.88. The first-order chi connectivity index (χ1) is 35.9. The van der Waals surface area contributed by atoms with Gasteiger partial charge in [0.15, 0.2) is 25.0 Å². The number of fused-ring (bicyclic) bond motifs is 7. The Hall–Kier alpha value is -2.08. The van der Waals surface area contributed by atoms with Crippen LogP contribution in [0.1, 0.15) is 120 Å². The number of carboxylic acid groups (broad SMARTS) is 1. The number of aliphatic hydroxyl groups excluding tert-OH is 12. The maximum Gasteiger partial charge on any atom is 0.335 e. The summed E-state index contributed by atoms with van der Waals surface area (Å²) in [5.41, 5.74) is -1.19. The van der Waals surface area contributed by atoms with Gasteiger partial charge in [-0.25, -0.2) is 4.79 Å². The van der Waals surface area contributed by atoms with E-state index in [-0.39, 0.29) is 39.4 Å². The monoisotopic (exact) mass is 1100 g/mol. The number of hydrogen-bond donors (Lipinski definition) is 13. The third-order valence-electron chi connectivity index (χ3n) is 21.3. The van der Waals surface area contributed by atoms with Crippen LogP contribution in [0.15, 0.2) is 11.6 Å². The zero-order chi connectivity index (χ0) is 56.4. The molecule has 23 heteroatoms. The topological polar surface area (TPSA) is 371 Å². The first-order valence-electron chi connectivity index (χ1n) is 27.7. The summed E-state index contributed by atoms with van der Waals surface area (Å²) in [4.78, 5) is 27.0. The van der Waals surface area contributed by atoms with Crippen LogP contribution in [0, 0.1) is 50.2 Å². The smallest absolute Gasteiger partial charge is 0.335 e. The summed E-state index contributed by atoms with van der Waals surface area (Å²) in [6.45, 7) is 15.8. The first kappa shape index (κ1) is 59.5. The van der Waals surface area contributed by atoms with Gasteiger partial charge in [0.2, 0.25) is 6.29 Å². The summed E-state index contributed by atoms with van der Waals surface area (Å²) < 4.78 is 46.8. The van der Waals surface area contributed by atoms with Crippen LogP contribution < -0.4 is 0 Å². The standard InChI is InChI=1S/C54H86O23/c1-22-30(56)32(58)37(63)45(71-22)75-41-25(20-55)72-44(40(66)36(41)62)70-21-26-31(57)33(59)38(64)46(73-26)77-48(69)54-17-15-49(2,3)19-24(54)23-9-10-28-51(6)13-12-29(74-47-39(65)34(60)35(61)42(76-47)43(67)68)50(4,5)27(51)11-14-53(28,8)52(23,7)16-18-54/h9,22,24-42,44-47,55-66H,10-21H2,1-8H3,(H,67,68)/t22-,24-,25+,26+,27-,28+,29-,30-,31+,32+,33-,34-,35-,36+,37+,38+,39+,40+,41+,42-,44+,45-,46-,47+,51-,52+,53+,54-/m0/s1. The molecule has 0 amide bonds. The van der Waals surface area contributed by atoms with Gasteiger partial charge in [-0.2, -0.15) is 0 Å². The Labute approximate surface area is 448 Å². The highest BCUT2D eigenvalue weighted by atomic mass is 16.8. The average Bonchev–Trinajstić information content (AvgIpc) is 3.48. The molecule has 8 fully saturated rings. The molecular weight excluding hydrogens is 1020 g/mol. The van der Waals surface area contributed by atoms with Crippen molar-refractivity contribution in [3.05, 3.63) is 11.6 Å². The summed E-state index contributed by atoms with van der Waals surface area (Å²) in [6.07, 6.45) is -24.4. The lowest BCUT2D eigenvalue weighted by atomic mass is 9.33. The van der Waals surface area contributed by atoms with Crippen LogP contribution in [0.4, 0.5) is 0 Å². The predicted octanol–water partition coefficient (Wildman–Crippen LogP) is -0.915. The second-order valence-electron chi connectivity index (χ2n) is 26.3. The molecule has 5 aliphatic carbocycles. The number of carbonyl (C=O) groups excluding carboxylic acids is 1. The molecular formula is C54H86O23. The Morgan fingerprint density at radius 3 is 1.87 bits per heavy atom. The molecule has 4 heterocycles. The fourth-order valence-corrected chi connectivity index (χ4v) is 16.4. The van der Waals surface area contributed by atoms with Crippen molar-refractivity contribution >= 4 is 11.9 Å². The molecule has 0 aromatic heterocycles. The zero-order valence-corrected chi connectivity index (χ0v) is 45.3. The molecule has 23 nitrogen and oxygen atoms in total. The van der Waals surface area contributed by atoms with Crippen molar-refractivity contribution in [2.75, 3.05) is 13.2 Å². The van der Waals surface area contributed by atoms with Crippen molar-refractivity contribution < 1.29 is 114 Å². The van der Waals surface area contributed by atoms with Gasteiger partial charge < -0.3 is 104 Å². The van der Waals surface area contributed by atoms with Crippen LogP contribution in [0.25, 0.3) is 0 Å². The van der Waals surface area contributed by atoms with Gasteiger partial charge in [-0.3, -0.25) is 4.79 Å². The van der Waals surface area contributed by atoms with Gasteiger partial charge in [-0.05, 0) is 116 Å². The van der Waals surface area contributed by atoms with Crippen LogP contribution in [0.3, 0.4) is 0 Å². The molecule has 4 saturated carbocycles. The number of allylic oxidation sites excluding steroid dienone is 2. The fraction of sp³-hybridized carbons (Fsp3) is 0.926. The number of aliphatic carboxylic acids is 1. The number of carboxylic acids is 1. The quantitative estimate of drug-likeness (QED) is 0.0676. The van der Waals surface area contributed by atoms with E-state index in [1.54, 1.807) is 0 Å². The van der Waals surface area contributed by atoms with Crippen molar-refractivity contribution in [3.8, 4) is 0 Å². The zero-order valence-electron chi connectivity index (χ0n) is 45.3. The maximum absolute atomic E-state index is 15.1. The molecule has 28 atom stereocenters. The molecule has 440 valence electrons. The first-order valence-corrected chi connectivity index (χ1v) is 27.7. The van der Waals surface area contributed by atoms with E-state index in [1.807, 2.05) is 0 Å². The van der Waals surface area contributed by atoms with Crippen molar-refractivity contribution in [1.82, 2.24) is 0 Å². The van der Waals surface area contributed by atoms with E-state index in [2.05, 4.69) is 54.5 Å². The molecule has 0 bridgehead atoms. The number of carbonyl (C=O) groups is 2. The third kappa shape index (κ3) is 9.76. The van der Waals surface area contributed by atoms with E-state index in [9.17, 15) is 71.2 Å². The van der Waals surface area contributed by atoms with Crippen LogP contribution in [0.5, 0.6) is 0 Å². The summed E-state index contributed by atoms with van der Waals surface area (Å²) >= 11 is 0. The van der Waals surface area contributed by atoms with E-state index in [0.29, 0.717) is 38.5 Å². The fourth-order valence-electron chi connectivity index (χ4n) is 16.4. The van der Waals surface area contributed by atoms with Gasteiger partial charge in [0.05, 0.1) is 30.8 Å². The number of rotatable bonds is 11. The minimum absolute atomic E-state index is 0.139. The van der Waals surface area contributed by atoms with E-state index >= 15 is 4.79 Å². The molecule has 9 aliphatic rings. The highest BCUT2D eigenvalue weighted by molar-refractivity contribution is 5.79. The molecule has 13 N–H and O–H groups in total. The van der Waals surface area contributed by atoms with E-state index in [0.717, 1.165) is 25.7 Å². The normalized spacial score (nSPS) is 53.4. The second kappa shape index (κ2) is 21.3. The number of aliphatic hydroxyl groups is 12. The predicted molar refractivity (Wildman–Crippen MR) is 262 cm³/mol. The summed E-state index contributed by atoms with van der Waals surface area (Å²) in [6, 6.07) is 0. The van der Waals surface area contributed by atoms with Gasteiger partial charge in [0, 0.05) is 0 Å². The van der Waals surface area contributed by atoms with Gasteiger partial charge in [0.1, 0.15) is 85.5 Å². The SMILES string of the molecule is C[C@@H]1O[C@@H](O[C@H]2[C@H](O)[C@@H](O)[C@H](OC[C@H]3O[C@@H](OC(=O)[C@]45CCC(C)(C)C[C@H]4C4=CC[C@@H]6[C@@]7(C)CC[C@H](O[C@@H]8O[C@H](C(=O)O)[C@@H](O)[C@H](O)[C@H]8O)C(C)(C)[C@@H]7CC[C@@]6(C)[C@]4(C)CC5)[C@H](O)[C@@H](O)[C@@H]3O)O[C@@H]2CO)[C@H](O)[C@H](O)[C@H]1O. The Morgan fingerprint density at radius 1 is 0.610 bits per heavy atom. The molecule has 9 rings (SSSR count). The van der Waals surface area contributed by atoms with Gasteiger partial charge in [-0.15, -0.1) is 0 Å². The Kier molecular flexibility index (Phi) is 16.5. The maximum atomic E-state index is 15.1. The van der Waals surface area contributed by atoms with E-state index < -0.39 is 165 Å². The highest BCUT2D eigenvalue weighted by Gasteiger charge is 2.70. The molecule has 0 radical (unpaired) electrons. The largest absolute Gasteiger partial charge is 0.479 e. The summed E-state index contributed by atoms with van der Waals surface area (Å²) in [5.74, 6) is -1.97. The van der Waals surface area contributed by atoms with E-state index in [4.69, 9.17) is 37.9 Å². The third-order valence-corrected chi connectivity index (χ3v) is 21.3. The Morgan fingerprint density at radius 2 is 1.21 bits per heavy atom.